The van der Waals surface area contributed by atoms with Crippen molar-refractivity contribution >= 4 is 22.9 Å². The Hall–Kier alpha value is -2.37. The molecule has 2 fully saturated rings. The van der Waals surface area contributed by atoms with Gasteiger partial charge in [0.25, 0.3) is 0 Å². The number of rotatable bonds is 3. The maximum Gasteiger partial charge on any atom is 0.242 e. The Kier molecular flexibility index (Phi) is 4.42. The summed E-state index contributed by atoms with van der Waals surface area (Å²) < 4.78 is 5.91. The second-order valence-corrected chi connectivity index (χ2v) is 6.89. The van der Waals surface area contributed by atoms with Crippen LogP contribution in [-0.4, -0.2) is 46.2 Å². The summed E-state index contributed by atoms with van der Waals surface area (Å²) in [7, 11) is 0. The van der Waals surface area contributed by atoms with E-state index in [-0.39, 0.29) is 24.4 Å². The normalized spacial score (nSPS) is 21.8. The SMILES string of the molecule is O=C1CCCCN1CC(=O)N1CCCC[C@H]1c1nc2ccccc2o1. The van der Waals surface area contributed by atoms with Crippen molar-refractivity contribution in [1.82, 2.24) is 14.8 Å². The zero-order valence-electron chi connectivity index (χ0n) is 14.3. The second-order valence-electron chi connectivity index (χ2n) is 6.89. The van der Waals surface area contributed by atoms with Gasteiger partial charge in [-0.25, -0.2) is 4.98 Å². The summed E-state index contributed by atoms with van der Waals surface area (Å²) in [4.78, 5) is 33.0. The van der Waals surface area contributed by atoms with Crippen LogP contribution in [0.15, 0.2) is 28.7 Å². The molecule has 1 atom stereocenters. The quantitative estimate of drug-likeness (QED) is 0.861. The van der Waals surface area contributed by atoms with Crippen molar-refractivity contribution in [3.05, 3.63) is 30.2 Å². The van der Waals surface area contributed by atoms with E-state index in [4.69, 9.17) is 4.42 Å². The van der Waals surface area contributed by atoms with Crippen LogP contribution in [0.2, 0.25) is 0 Å². The Morgan fingerprint density at radius 2 is 2.00 bits per heavy atom. The van der Waals surface area contributed by atoms with Crippen molar-refractivity contribution in [2.45, 2.75) is 44.6 Å². The molecule has 4 rings (SSSR count). The van der Waals surface area contributed by atoms with Gasteiger partial charge in [0.15, 0.2) is 5.58 Å². The molecule has 2 aliphatic heterocycles. The summed E-state index contributed by atoms with van der Waals surface area (Å²) in [5.41, 5.74) is 1.57. The first-order valence-corrected chi connectivity index (χ1v) is 9.15. The van der Waals surface area contributed by atoms with Crippen LogP contribution in [0.25, 0.3) is 11.1 Å². The Morgan fingerprint density at radius 3 is 2.84 bits per heavy atom. The number of carbonyl (C=O) groups is 2. The van der Waals surface area contributed by atoms with Gasteiger partial charge in [-0.3, -0.25) is 9.59 Å². The Bertz CT molecular complexity index is 752. The molecule has 6 nitrogen and oxygen atoms in total. The van der Waals surface area contributed by atoms with Gasteiger partial charge >= 0.3 is 0 Å². The maximum atomic E-state index is 12.9. The molecule has 3 heterocycles. The average Bonchev–Trinajstić information content (AvgIpc) is 3.07. The lowest BCUT2D eigenvalue weighted by molar-refractivity contribution is -0.144. The fourth-order valence-corrected chi connectivity index (χ4v) is 3.80. The highest BCUT2D eigenvalue weighted by molar-refractivity contribution is 5.85. The molecule has 2 aromatic rings. The van der Waals surface area contributed by atoms with E-state index in [9.17, 15) is 9.59 Å². The summed E-state index contributed by atoms with van der Waals surface area (Å²) in [6.07, 6.45) is 5.35. The lowest BCUT2D eigenvalue weighted by atomic mass is 10.0. The molecule has 0 saturated carbocycles. The topological polar surface area (TPSA) is 66.7 Å². The molecule has 132 valence electrons. The number of amides is 2. The molecule has 1 aromatic carbocycles. The first-order valence-electron chi connectivity index (χ1n) is 9.15. The van der Waals surface area contributed by atoms with Gasteiger partial charge in [-0.1, -0.05) is 12.1 Å². The van der Waals surface area contributed by atoms with Crippen molar-refractivity contribution in [1.29, 1.82) is 0 Å². The Balaban J connectivity index is 1.53. The summed E-state index contributed by atoms with van der Waals surface area (Å²) in [6.45, 7) is 1.56. The maximum absolute atomic E-state index is 12.9. The van der Waals surface area contributed by atoms with Crippen LogP contribution in [-0.2, 0) is 9.59 Å². The molecular formula is C19H23N3O3. The van der Waals surface area contributed by atoms with Gasteiger partial charge < -0.3 is 14.2 Å². The minimum Gasteiger partial charge on any atom is -0.438 e. The van der Waals surface area contributed by atoms with Gasteiger partial charge in [-0.15, -0.1) is 0 Å². The average molecular weight is 341 g/mol. The summed E-state index contributed by atoms with van der Waals surface area (Å²) >= 11 is 0. The van der Waals surface area contributed by atoms with Gasteiger partial charge in [0.05, 0.1) is 6.54 Å². The zero-order chi connectivity index (χ0) is 17.2. The van der Waals surface area contributed by atoms with Crippen LogP contribution >= 0.6 is 0 Å². The van der Waals surface area contributed by atoms with Crippen LogP contribution in [0.5, 0.6) is 0 Å². The van der Waals surface area contributed by atoms with Crippen LogP contribution in [0.3, 0.4) is 0 Å². The smallest absolute Gasteiger partial charge is 0.242 e. The van der Waals surface area contributed by atoms with Crippen LogP contribution in [0.1, 0.15) is 50.5 Å². The first-order chi connectivity index (χ1) is 12.2. The second kappa shape index (κ2) is 6.86. The standard InChI is InChI=1S/C19H23N3O3/c23-17-10-4-5-11-21(17)13-18(24)22-12-6-3-8-15(22)19-20-14-7-1-2-9-16(14)25-19/h1-2,7,9,15H,3-6,8,10-13H2/t15-/m0/s1. The number of oxazole rings is 1. The number of hydrogen-bond donors (Lipinski definition) is 0. The third-order valence-electron chi connectivity index (χ3n) is 5.17. The number of aromatic nitrogens is 1. The van der Waals surface area contributed by atoms with Gasteiger partial charge in [-0.05, 0) is 44.2 Å². The van der Waals surface area contributed by atoms with Gasteiger partial charge in [0, 0.05) is 19.5 Å². The monoisotopic (exact) mass is 341 g/mol. The van der Waals surface area contributed by atoms with Crippen LogP contribution in [0.4, 0.5) is 0 Å². The zero-order valence-corrected chi connectivity index (χ0v) is 14.3. The number of fused-ring (bicyclic) bond motifs is 1. The minimum atomic E-state index is -0.131. The number of likely N-dealkylation sites (tertiary alicyclic amines) is 2. The van der Waals surface area contributed by atoms with Gasteiger partial charge in [0.1, 0.15) is 11.6 Å². The van der Waals surface area contributed by atoms with E-state index >= 15 is 0 Å². The van der Waals surface area contributed by atoms with E-state index in [2.05, 4.69) is 4.98 Å². The van der Waals surface area contributed by atoms with E-state index in [1.165, 1.54) is 0 Å². The molecule has 0 radical (unpaired) electrons. The Morgan fingerprint density at radius 1 is 1.16 bits per heavy atom. The predicted molar refractivity (Wildman–Crippen MR) is 92.7 cm³/mol. The first kappa shape index (κ1) is 16.1. The molecule has 0 aliphatic carbocycles. The molecule has 0 unspecified atom stereocenters. The highest BCUT2D eigenvalue weighted by Crippen LogP contribution is 2.32. The number of carbonyl (C=O) groups excluding carboxylic acids is 2. The van der Waals surface area contributed by atoms with E-state index in [0.717, 1.165) is 43.2 Å². The number of piperidine rings is 2. The summed E-state index contributed by atoms with van der Waals surface area (Å²) in [5, 5.41) is 0. The molecule has 2 amide bonds. The van der Waals surface area contributed by atoms with Crippen molar-refractivity contribution < 1.29 is 14.0 Å². The molecule has 1 aromatic heterocycles. The third-order valence-corrected chi connectivity index (χ3v) is 5.17. The summed E-state index contributed by atoms with van der Waals surface area (Å²) in [6, 6.07) is 7.54. The number of nitrogens with zero attached hydrogens (tertiary/aromatic N) is 3. The van der Waals surface area contributed by atoms with E-state index in [0.29, 0.717) is 25.4 Å². The van der Waals surface area contributed by atoms with Crippen LogP contribution < -0.4 is 0 Å². The molecule has 2 saturated heterocycles. The minimum absolute atomic E-state index is 0.00204. The summed E-state index contributed by atoms with van der Waals surface area (Å²) in [5.74, 6) is 0.705. The lowest BCUT2D eigenvalue weighted by Crippen LogP contribution is -2.47. The van der Waals surface area contributed by atoms with Crippen LogP contribution in [0, 0.1) is 0 Å². The molecule has 0 N–H and O–H groups in total. The van der Waals surface area contributed by atoms with E-state index in [1.54, 1.807) is 4.90 Å². The van der Waals surface area contributed by atoms with Gasteiger partial charge in [0.2, 0.25) is 17.7 Å². The number of para-hydroxylation sites is 2. The number of hydrogen-bond acceptors (Lipinski definition) is 4. The molecule has 25 heavy (non-hydrogen) atoms. The lowest BCUT2D eigenvalue weighted by Gasteiger charge is -2.36. The fraction of sp³-hybridized carbons (Fsp3) is 0.526. The Labute approximate surface area is 146 Å². The highest BCUT2D eigenvalue weighted by Gasteiger charge is 2.33. The molecule has 6 heteroatoms. The van der Waals surface area contributed by atoms with E-state index < -0.39 is 0 Å². The highest BCUT2D eigenvalue weighted by atomic mass is 16.3. The van der Waals surface area contributed by atoms with Crippen molar-refractivity contribution in [2.24, 2.45) is 0 Å². The largest absolute Gasteiger partial charge is 0.438 e. The number of benzene rings is 1. The molecule has 2 aliphatic rings. The molecule has 0 bridgehead atoms. The third kappa shape index (κ3) is 3.25. The van der Waals surface area contributed by atoms with Crippen molar-refractivity contribution in [3.8, 4) is 0 Å². The van der Waals surface area contributed by atoms with Gasteiger partial charge in [-0.2, -0.15) is 0 Å². The van der Waals surface area contributed by atoms with E-state index in [1.807, 2.05) is 29.2 Å². The molecular weight excluding hydrogens is 318 g/mol. The molecule has 0 spiro atoms. The van der Waals surface area contributed by atoms with Crippen molar-refractivity contribution in [3.63, 3.8) is 0 Å². The predicted octanol–water partition coefficient (Wildman–Crippen LogP) is 2.89. The van der Waals surface area contributed by atoms with Crippen molar-refractivity contribution in [2.75, 3.05) is 19.6 Å². The fourth-order valence-electron chi connectivity index (χ4n) is 3.80.